The number of aryl methyl sites for hydroxylation is 1. The number of carbonyl (C=O) groups is 1. The molecule has 0 aliphatic carbocycles. The van der Waals surface area contributed by atoms with Crippen molar-refractivity contribution in [1.82, 2.24) is 0 Å². The Labute approximate surface area is 156 Å². The van der Waals surface area contributed by atoms with Crippen molar-refractivity contribution in [3.63, 3.8) is 0 Å². The Morgan fingerprint density at radius 2 is 1.56 bits per heavy atom. The summed E-state index contributed by atoms with van der Waals surface area (Å²) in [5.74, 6) is 0.283. The van der Waals surface area contributed by atoms with Gasteiger partial charge in [0.05, 0.1) is 0 Å². The van der Waals surface area contributed by atoms with E-state index in [2.05, 4.69) is 77.1 Å². The summed E-state index contributed by atoms with van der Waals surface area (Å²) >= 11 is 1.96. The normalized spacial score (nSPS) is 17.8. The fourth-order valence-electron chi connectivity index (χ4n) is 4.02. The van der Waals surface area contributed by atoms with Crippen molar-refractivity contribution in [2.24, 2.45) is 0 Å². The molecular formula is C23H28OS. The molecule has 1 heterocycles. The maximum Gasteiger partial charge on any atom is 0.141 e. The summed E-state index contributed by atoms with van der Waals surface area (Å²) in [6, 6.07) is 14.9. The molecule has 0 atom stereocenters. The topological polar surface area (TPSA) is 17.1 Å². The summed E-state index contributed by atoms with van der Waals surface area (Å²) < 4.78 is 0.263. The molecule has 0 aromatic heterocycles. The van der Waals surface area contributed by atoms with Crippen molar-refractivity contribution in [2.75, 3.05) is 0 Å². The second-order valence-corrected chi connectivity index (χ2v) is 10.4. The zero-order chi connectivity index (χ0) is 18.2. The maximum absolute atomic E-state index is 12.5. The first-order valence-electron chi connectivity index (χ1n) is 9.04. The number of carbonyl (C=O) groups excluding carboxylic acids is 1. The standard InChI is InChI=1S/C23H28OS/c1-16-6-8-17(9-7-16)12-19(24)13-18-10-11-21-20(14-18)22(2,3)15-23(4,5)25-21/h6-11,14H,12-13,15H2,1-5H3. The third-order valence-electron chi connectivity index (χ3n) is 4.95. The number of Topliss-reactive ketones (excluding diaryl/α,β-unsaturated/α-hetero) is 1. The molecule has 0 amide bonds. The summed E-state index contributed by atoms with van der Waals surface area (Å²) in [6.45, 7) is 11.4. The molecule has 0 radical (unpaired) electrons. The average Bonchev–Trinajstić information content (AvgIpc) is 2.48. The smallest absolute Gasteiger partial charge is 0.141 e. The highest BCUT2D eigenvalue weighted by Gasteiger charge is 2.38. The summed E-state index contributed by atoms with van der Waals surface area (Å²) in [6.07, 6.45) is 2.19. The molecule has 2 heteroatoms. The Morgan fingerprint density at radius 1 is 0.960 bits per heavy atom. The molecule has 0 spiro atoms. The maximum atomic E-state index is 12.5. The fraction of sp³-hybridized carbons (Fsp3) is 0.435. The highest BCUT2D eigenvalue weighted by Crippen LogP contribution is 2.51. The van der Waals surface area contributed by atoms with Crippen LogP contribution in [0.4, 0.5) is 0 Å². The third-order valence-corrected chi connectivity index (χ3v) is 6.22. The first kappa shape index (κ1) is 18.3. The van der Waals surface area contributed by atoms with Crippen molar-refractivity contribution in [1.29, 1.82) is 0 Å². The lowest BCUT2D eigenvalue weighted by Gasteiger charge is -2.41. The van der Waals surface area contributed by atoms with E-state index >= 15 is 0 Å². The minimum Gasteiger partial charge on any atom is -0.299 e. The van der Waals surface area contributed by atoms with Gasteiger partial charge in [0.25, 0.3) is 0 Å². The van der Waals surface area contributed by atoms with Gasteiger partial charge in [-0.25, -0.2) is 0 Å². The van der Waals surface area contributed by atoms with E-state index in [1.54, 1.807) is 0 Å². The van der Waals surface area contributed by atoms with Gasteiger partial charge in [0.15, 0.2) is 0 Å². The van der Waals surface area contributed by atoms with Gasteiger partial charge in [-0.3, -0.25) is 4.79 Å². The Hall–Kier alpha value is -1.54. The lowest BCUT2D eigenvalue weighted by molar-refractivity contribution is -0.117. The van der Waals surface area contributed by atoms with Crippen LogP contribution in [0, 0.1) is 6.92 Å². The highest BCUT2D eigenvalue weighted by molar-refractivity contribution is 8.00. The van der Waals surface area contributed by atoms with Crippen LogP contribution in [-0.4, -0.2) is 10.5 Å². The van der Waals surface area contributed by atoms with Crippen molar-refractivity contribution in [3.8, 4) is 0 Å². The van der Waals surface area contributed by atoms with E-state index in [1.807, 2.05) is 11.8 Å². The van der Waals surface area contributed by atoms with E-state index < -0.39 is 0 Å². The van der Waals surface area contributed by atoms with E-state index in [4.69, 9.17) is 0 Å². The molecule has 0 unspecified atom stereocenters. The Bertz CT molecular complexity index is 784. The zero-order valence-corrected chi connectivity index (χ0v) is 16.8. The van der Waals surface area contributed by atoms with Crippen molar-refractivity contribution < 1.29 is 4.79 Å². The van der Waals surface area contributed by atoms with Crippen molar-refractivity contribution in [2.45, 2.75) is 68.9 Å². The van der Waals surface area contributed by atoms with Crippen LogP contribution in [0.5, 0.6) is 0 Å². The summed E-state index contributed by atoms with van der Waals surface area (Å²) in [5, 5.41) is 0. The predicted molar refractivity (Wildman–Crippen MR) is 108 cm³/mol. The van der Waals surface area contributed by atoms with Gasteiger partial charge >= 0.3 is 0 Å². The van der Waals surface area contributed by atoms with Gasteiger partial charge in [0.1, 0.15) is 5.78 Å². The summed E-state index contributed by atoms with van der Waals surface area (Å²) in [7, 11) is 0. The van der Waals surface area contributed by atoms with E-state index in [1.165, 1.54) is 16.0 Å². The molecule has 0 fully saturated rings. The Morgan fingerprint density at radius 3 is 2.24 bits per heavy atom. The first-order chi connectivity index (χ1) is 11.6. The number of thioether (sulfide) groups is 1. The number of rotatable bonds is 4. The third kappa shape index (κ3) is 4.36. The molecule has 0 N–H and O–H groups in total. The van der Waals surface area contributed by atoms with Gasteiger partial charge in [0, 0.05) is 22.5 Å². The van der Waals surface area contributed by atoms with Gasteiger partial charge in [0.2, 0.25) is 0 Å². The van der Waals surface area contributed by atoms with Crippen LogP contribution in [0.25, 0.3) is 0 Å². The summed E-state index contributed by atoms with van der Waals surface area (Å²) in [5.41, 5.74) is 5.03. The van der Waals surface area contributed by atoms with Crippen LogP contribution in [0.3, 0.4) is 0 Å². The largest absolute Gasteiger partial charge is 0.299 e. The molecule has 1 aliphatic rings. The number of fused-ring (bicyclic) bond motifs is 1. The van der Waals surface area contributed by atoms with Gasteiger partial charge in [-0.05, 0) is 41.5 Å². The number of benzene rings is 2. The van der Waals surface area contributed by atoms with E-state index in [0.717, 1.165) is 17.5 Å². The second-order valence-electron chi connectivity index (χ2n) is 8.63. The van der Waals surface area contributed by atoms with Crippen molar-refractivity contribution in [3.05, 3.63) is 64.7 Å². The van der Waals surface area contributed by atoms with Gasteiger partial charge in [-0.1, -0.05) is 69.7 Å². The van der Waals surface area contributed by atoms with Crippen LogP contribution in [0.2, 0.25) is 0 Å². The molecule has 0 saturated heterocycles. The molecule has 0 saturated carbocycles. The Balaban J connectivity index is 1.76. The first-order valence-corrected chi connectivity index (χ1v) is 9.86. The Kier molecular flexibility index (Phi) is 4.85. The molecule has 3 rings (SSSR count). The summed E-state index contributed by atoms with van der Waals surface area (Å²) in [4.78, 5) is 13.9. The van der Waals surface area contributed by atoms with E-state index in [-0.39, 0.29) is 15.9 Å². The fourth-order valence-corrected chi connectivity index (χ4v) is 5.63. The molecule has 25 heavy (non-hydrogen) atoms. The molecule has 0 bridgehead atoms. The van der Waals surface area contributed by atoms with Gasteiger partial charge in [-0.15, -0.1) is 11.8 Å². The predicted octanol–water partition coefficient (Wildman–Crippen LogP) is 5.90. The van der Waals surface area contributed by atoms with Gasteiger partial charge in [-0.2, -0.15) is 0 Å². The molecule has 2 aromatic carbocycles. The lowest BCUT2D eigenvalue weighted by atomic mass is 9.76. The molecule has 1 aliphatic heterocycles. The molecule has 2 aromatic rings. The monoisotopic (exact) mass is 352 g/mol. The highest BCUT2D eigenvalue weighted by atomic mass is 32.2. The van der Waals surface area contributed by atoms with Crippen LogP contribution >= 0.6 is 11.8 Å². The lowest BCUT2D eigenvalue weighted by Crippen LogP contribution is -2.33. The molecule has 132 valence electrons. The van der Waals surface area contributed by atoms with Crippen LogP contribution in [0.1, 0.15) is 56.4 Å². The van der Waals surface area contributed by atoms with Crippen LogP contribution in [0.15, 0.2) is 47.4 Å². The van der Waals surface area contributed by atoms with E-state index in [0.29, 0.717) is 12.8 Å². The van der Waals surface area contributed by atoms with Crippen LogP contribution in [-0.2, 0) is 23.1 Å². The quantitative estimate of drug-likeness (QED) is 0.681. The van der Waals surface area contributed by atoms with Crippen molar-refractivity contribution >= 4 is 17.5 Å². The van der Waals surface area contributed by atoms with Crippen LogP contribution < -0.4 is 0 Å². The minimum atomic E-state index is 0.153. The minimum absolute atomic E-state index is 0.153. The average molecular weight is 353 g/mol. The molecule has 1 nitrogen and oxygen atoms in total. The molecular weight excluding hydrogens is 324 g/mol. The van der Waals surface area contributed by atoms with E-state index in [9.17, 15) is 4.79 Å². The number of ketones is 1. The number of hydrogen-bond acceptors (Lipinski definition) is 2. The zero-order valence-electron chi connectivity index (χ0n) is 16.0. The van der Waals surface area contributed by atoms with Gasteiger partial charge < -0.3 is 0 Å². The second kappa shape index (κ2) is 6.64. The SMILES string of the molecule is Cc1ccc(CC(=O)Cc2ccc3c(c2)C(C)(C)CC(C)(C)S3)cc1. The number of hydrogen-bond donors (Lipinski definition) is 0.